The molecule has 1 aliphatic heterocycles. The molecule has 0 spiro atoms. The molecule has 0 aliphatic carbocycles. The molecule has 21 heavy (non-hydrogen) atoms. The van der Waals surface area contributed by atoms with Gasteiger partial charge in [-0.05, 0) is 19.4 Å². The fraction of sp³-hybridized carbons (Fsp3) is 0.769. The van der Waals surface area contributed by atoms with Gasteiger partial charge in [0.15, 0.2) is 0 Å². The Hall–Kier alpha value is -1.09. The fourth-order valence-electron chi connectivity index (χ4n) is 2.03. The number of nitrogens with two attached hydrogens (primary N) is 2. The van der Waals surface area contributed by atoms with Crippen LogP contribution in [0.25, 0.3) is 0 Å². The second-order valence-corrected chi connectivity index (χ2v) is 5.50. The van der Waals surface area contributed by atoms with Crippen molar-refractivity contribution in [1.82, 2.24) is 10.2 Å². The lowest BCUT2D eigenvalue weighted by molar-refractivity contribution is -0.119. The van der Waals surface area contributed by atoms with Crippen molar-refractivity contribution in [3.8, 4) is 0 Å². The molecule has 7 nitrogen and oxygen atoms in total. The number of nitrogens with one attached hydrogen (secondary N) is 1. The van der Waals surface area contributed by atoms with Gasteiger partial charge in [-0.15, -0.1) is 0 Å². The Morgan fingerprint density at radius 1 is 1.24 bits per heavy atom. The van der Waals surface area contributed by atoms with E-state index in [0.717, 1.165) is 52.1 Å². The van der Waals surface area contributed by atoms with Crippen molar-refractivity contribution in [2.75, 3.05) is 32.8 Å². The van der Waals surface area contributed by atoms with Crippen LogP contribution in [0, 0.1) is 0 Å². The third-order valence-electron chi connectivity index (χ3n) is 3.33. The lowest BCUT2D eigenvalue weighted by Gasteiger charge is -2.26. The van der Waals surface area contributed by atoms with Crippen LogP contribution < -0.4 is 16.8 Å². The molecule has 1 saturated heterocycles. The molecule has 0 aromatic rings. The average molecular weight is 316 g/mol. The third-order valence-corrected chi connectivity index (χ3v) is 3.69. The second-order valence-electron chi connectivity index (χ2n) is 5.06. The molecular formula is C13H24N4O3S. The predicted molar refractivity (Wildman–Crippen MR) is 83.6 cm³/mol. The summed E-state index contributed by atoms with van der Waals surface area (Å²) < 4.78 is 5.28. The summed E-state index contributed by atoms with van der Waals surface area (Å²) in [5.74, 6) is -0.964. The van der Waals surface area contributed by atoms with E-state index in [1.807, 2.05) is 0 Å². The van der Waals surface area contributed by atoms with Gasteiger partial charge in [-0.25, -0.2) is 0 Å². The molecule has 0 aromatic carbocycles. The molecule has 1 heterocycles. The number of ether oxygens (including phenoxy) is 1. The van der Waals surface area contributed by atoms with Crippen LogP contribution in [0.3, 0.4) is 0 Å². The molecule has 0 aromatic heterocycles. The lowest BCUT2D eigenvalue weighted by atomic mass is 10.1. The van der Waals surface area contributed by atoms with Crippen molar-refractivity contribution in [2.45, 2.75) is 31.7 Å². The number of morpholine rings is 1. The highest BCUT2D eigenvalue weighted by atomic mass is 32.1. The number of unbranched alkanes of at least 4 members (excludes halogenated alkanes) is 2. The minimum atomic E-state index is -1.11. The minimum absolute atomic E-state index is 0.0131. The molecule has 5 N–H and O–H groups in total. The summed E-state index contributed by atoms with van der Waals surface area (Å²) in [6.45, 7) is 4.62. The zero-order valence-electron chi connectivity index (χ0n) is 12.2. The SMILES string of the molecule is NC(=O)C(N)C(=S)NC(=O)CCCCCN1CCOCC1. The van der Waals surface area contributed by atoms with E-state index in [2.05, 4.69) is 10.2 Å². The van der Waals surface area contributed by atoms with Gasteiger partial charge in [-0.3, -0.25) is 14.5 Å². The van der Waals surface area contributed by atoms with Crippen molar-refractivity contribution in [3.63, 3.8) is 0 Å². The van der Waals surface area contributed by atoms with E-state index in [0.29, 0.717) is 6.42 Å². The number of nitrogens with zero attached hydrogens (tertiary/aromatic N) is 1. The van der Waals surface area contributed by atoms with Crippen molar-refractivity contribution in [2.24, 2.45) is 11.5 Å². The molecular weight excluding hydrogens is 292 g/mol. The summed E-state index contributed by atoms with van der Waals surface area (Å²) in [7, 11) is 0. The van der Waals surface area contributed by atoms with Gasteiger partial charge >= 0.3 is 0 Å². The zero-order valence-corrected chi connectivity index (χ0v) is 13.0. The summed E-state index contributed by atoms with van der Waals surface area (Å²) in [6, 6.07) is -1.11. The molecule has 120 valence electrons. The maximum atomic E-state index is 11.6. The van der Waals surface area contributed by atoms with Crippen molar-refractivity contribution in [3.05, 3.63) is 0 Å². The Labute approximate surface area is 130 Å². The Balaban J connectivity index is 2.05. The van der Waals surface area contributed by atoms with Gasteiger partial charge in [0, 0.05) is 19.5 Å². The predicted octanol–water partition coefficient (Wildman–Crippen LogP) is -0.865. The van der Waals surface area contributed by atoms with Gasteiger partial charge in [-0.1, -0.05) is 18.6 Å². The van der Waals surface area contributed by atoms with Gasteiger partial charge in [0.25, 0.3) is 0 Å². The quantitative estimate of drug-likeness (QED) is 0.397. The zero-order chi connectivity index (χ0) is 15.7. The molecule has 1 rings (SSSR count). The molecule has 1 atom stereocenters. The van der Waals surface area contributed by atoms with Crippen LogP contribution in [-0.4, -0.2) is 60.6 Å². The number of hydrogen-bond donors (Lipinski definition) is 3. The van der Waals surface area contributed by atoms with E-state index in [1.165, 1.54) is 0 Å². The highest BCUT2D eigenvalue weighted by Gasteiger charge is 2.17. The molecule has 0 saturated carbocycles. The van der Waals surface area contributed by atoms with Crippen LogP contribution in [0.4, 0.5) is 0 Å². The third kappa shape index (κ3) is 7.47. The number of amides is 2. The maximum Gasteiger partial charge on any atom is 0.241 e. The molecule has 0 bridgehead atoms. The van der Waals surface area contributed by atoms with Gasteiger partial charge in [0.1, 0.15) is 11.0 Å². The normalized spacial score (nSPS) is 17.2. The molecule has 8 heteroatoms. The number of rotatable bonds is 8. The topological polar surface area (TPSA) is 111 Å². The van der Waals surface area contributed by atoms with Crippen molar-refractivity contribution < 1.29 is 14.3 Å². The number of thiocarbonyl (C=S) groups is 1. The summed E-state index contributed by atoms with van der Waals surface area (Å²) in [5.41, 5.74) is 10.4. The molecule has 2 amide bonds. The van der Waals surface area contributed by atoms with Crippen LogP contribution in [0.1, 0.15) is 25.7 Å². The Bertz CT molecular complexity index is 372. The largest absolute Gasteiger partial charge is 0.379 e. The van der Waals surface area contributed by atoms with Crippen LogP contribution in [0.15, 0.2) is 0 Å². The van der Waals surface area contributed by atoms with E-state index in [-0.39, 0.29) is 10.9 Å². The number of carbonyl (C=O) groups is 2. The fourth-order valence-corrected chi connectivity index (χ4v) is 2.26. The van der Waals surface area contributed by atoms with Crippen LogP contribution in [0.2, 0.25) is 0 Å². The molecule has 1 fully saturated rings. The summed E-state index contributed by atoms with van der Waals surface area (Å²) in [6.07, 6.45) is 3.18. The van der Waals surface area contributed by atoms with Gasteiger partial charge in [0.2, 0.25) is 11.8 Å². The smallest absolute Gasteiger partial charge is 0.241 e. The molecule has 0 radical (unpaired) electrons. The molecule has 1 unspecified atom stereocenters. The summed E-state index contributed by atoms with van der Waals surface area (Å²) in [5, 5.41) is 2.44. The first-order valence-electron chi connectivity index (χ1n) is 7.19. The Kier molecular flexibility index (Phi) is 8.36. The van der Waals surface area contributed by atoms with Crippen LogP contribution >= 0.6 is 12.2 Å². The standard InChI is InChI=1S/C13H24N4O3S/c14-11(12(15)19)13(21)16-10(18)4-2-1-3-5-17-6-8-20-9-7-17/h11H,1-9,14H2,(H2,15,19)(H,16,18,21). The highest BCUT2D eigenvalue weighted by molar-refractivity contribution is 7.80. The van der Waals surface area contributed by atoms with Crippen molar-refractivity contribution in [1.29, 1.82) is 0 Å². The van der Waals surface area contributed by atoms with E-state index in [1.54, 1.807) is 0 Å². The highest BCUT2D eigenvalue weighted by Crippen LogP contribution is 2.04. The average Bonchev–Trinajstić information content (AvgIpc) is 2.47. The van der Waals surface area contributed by atoms with E-state index >= 15 is 0 Å². The minimum Gasteiger partial charge on any atom is -0.379 e. The first kappa shape index (κ1) is 18.0. The van der Waals surface area contributed by atoms with Gasteiger partial charge in [-0.2, -0.15) is 0 Å². The first-order valence-corrected chi connectivity index (χ1v) is 7.60. The number of carbonyl (C=O) groups excluding carboxylic acids is 2. The Morgan fingerprint density at radius 2 is 1.90 bits per heavy atom. The van der Waals surface area contributed by atoms with Crippen LogP contribution in [0.5, 0.6) is 0 Å². The lowest BCUT2D eigenvalue weighted by Crippen LogP contribution is -2.49. The second kappa shape index (κ2) is 9.78. The first-order chi connectivity index (χ1) is 10.0. The maximum absolute atomic E-state index is 11.6. The van der Waals surface area contributed by atoms with E-state index in [4.69, 9.17) is 28.4 Å². The van der Waals surface area contributed by atoms with Crippen LogP contribution in [-0.2, 0) is 14.3 Å². The summed E-state index contributed by atoms with van der Waals surface area (Å²) in [4.78, 5) is 24.8. The van der Waals surface area contributed by atoms with E-state index < -0.39 is 11.9 Å². The number of primary amides is 1. The van der Waals surface area contributed by atoms with Gasteiger partial charge in [0.05, 0.1) is 13.2 Å². The molecule has 1 aliphatic rings. The Morgan fingerprint density at radius 3 is 2.52 bits per heavy atom. The van der Waals surface area contributed by atoms with E-state index in [9.17, 15) is 9.59 Å². The summed E-state index contributed by atoms with van der Waals surface area (Å²) >= 11 is 4.84. The number of hydrogen-bond acceptors (Lipinski definition) is 6. The monoisotopic (exact) mass is 316 g/mol. The van der Waals surface area contributed by atoms with Crippen molar-refractivity contribution >= 4 is 29.0 Å². The van der Waals surface area contributed by atoms with Gasteiger partial charge < -0.3 is 21.5 Å².